The van der Waals surface area contributed by atoms with Gasteiger partial charge < -0.3 is 5.73 Å². The lowest BCUT2D eigenvalue weighted by Gasteiger charge is -2.16. The molecule has 1 aromatic carbocycles. The molecule has 0 saturated heterocycles. The Morgan fingerprint density at radius 1 is 1.35 bits per heavy atom. The fourth-order valence-electron chi connectivity index (χ4n) is 2.05. The highest BCUT2D eigenvalue weighted by Gasteiger charge is 2.33. The van der Waals surface area contributed by atoms with Gasteiger partial charge in [-0.3, -0.25) is 0 Å². The van der Waals surface area contributed by atoms with Crippen molar-refractivity contribution in [2.45, 2.75) is 32.5 Å². The number of alkyl halides is 3. The first-order valence-electron chi connectivity index (χ1n) is 6.24. The molecule has 0 aliphatic heterocycles. The molecule has 0 bridgehead atoms. The first kappa shape index (κ1) is 14.6. The first-order chi connectivity index (χ1) is 9.27. The number of halogens is 3. The number of hydrogen-bond donors (Lipinski definition) is 1. The van der Waals surface area contributed by atoms with E-state index in [-0.39, 0.29) is 18.0 Å². The molecule has 3 nitrogen and oxygen atoms in total. The molecule has 1 aromatic heterocycles. The van der Waals surface area contributed by atoms with Gasteiger partial charge in [-0.05, 0) is 43.5 Å². The maximum atomic E-state index is 13.1. The first-order valence-corrected chi connectivity index (χ1v) is 6.24. The summed E-state index contributed by atoms with van der Waals surface area (Å²) in [6, 6.07) is 3.89. The van der Waals surface area contributed by atoms with Crippen LogP contribution in [-0.4, -0.2) is 15.8 Å². The number of benzene rings is 1. The third kappa shape index (κ3) is 3.19. The van der Waals surface area contributed by atoms with E-state index in [4.69, 9.17) is 5.73 Å². The largest absolute Gasteiger partial charge is 0.416 e. The third-order valence-corrected chi connectivity index (χ3v) is 2.92. The van der Waals surface area contributed by atoms with Crippen molar-refractivity contribution in [3.63, 3.8) is 0 Å². The third-order valence-electron chi connectivity index (χ3n) is 2.92. The van der Waals surface area contributed by atoms with Gasteiger partial charge in [0.15, 0.2) is 0 Å². The fraction of sp³-hybridized carbons (Fsp3) is 0.357. The molecule has 0 aliphatic carbocycles. The molecular formula is C14H16F3N3. The highest BCUT2D eigenvalue weighted by atomic mass is 19.4. The molecule has 2 N–H and O–H groups in total. The number of rotatable bonds is 3. The number of hydrogen-bond acceptors (Lipinski definition) is 2. The molecule has 0 fully saturated rings. The molecule has 108 valence electrons. The van der Waals surface area contributed by atoms with E-state index < -0.39 is 11.7 Å². The number of nitrogens with zero attached hydrogens (tertiary/aromatic N) is 2. The normalized spacial score (nSPS) is 13.5. The topological polar surface area (TPSA) is 43.8 Å². The quantitative estimate of drug-likeness (QED) is 0.940. The smallest absolute Gasteiger partial charge is 0.328 e. The van der Waals surface area contributed by atoms with Crippen LogP contribution in [0.2, 0.25) is 0 Å². The van der Waals surface area contributed by atoms with Gasteiger partial charge in [-0.25, -0.2) is 4.68 Å². The average Bonchev–Trinajstić information content (AvgIpc) is 2.74. The summed E-state index contributed by atoms with van der Waals surface area (Å²) in [5.74, 6) is 0. The van der Waals surface area contributed by atoms with Gasteiger partial charge in [0.2, 0.25) is 0 Å². The minimum atomic E-state index is -4.40. The number of nitrogens with two attached hydrogens (primary N) is 1. The highest BCUT2D eigenvalue weighted by molar-refractivity contribution is 5.42. The predicted molar refractivity (Wildman–Crippen MR) is 70.7 cm³/mol. The van der Waals surface area contributed by atoms with Crippen molar-refractivity contribution < 1.29 is 13.2 Å². The van der Waals surface area contributed by atoms with E-state index in [1.54, 1.807) is 25.4 Å². The van der Waals surface area contributed by atoms with E-state index in [0.717, 1.165) is 11.6 Å². The van der Waals surface area contributed by atoms with E-state index in [1.807, 2.05) is 6.92 Å². The summed E-state index contributed by atoms with van der Waals surface area (Å²) < 4.78 is 40.8. The Morgan fingerprint density at radius 3 is 2.55 bits per heavy atom. The molecule has 0 amide bonds. The van der Waals surface area contributed by atoms with E-state index >= 15 is 0 Å². The zero-order valence-electron chi connectivity index (χ0n) is 11.3. The molecule has 1 atom stereocenters. The minimum Gasteiger partial charge on any atom is -0.328 e. The molecule has 0 spiro atoms. The number of aromatic nitrogens is 2. The van der Waals surface area contributed by atoms with E-state index in [2.05, 4.69) is 5.10 Å². The van der Waals surface area contributed by atoms with Crippen LogP contribution in [0.4, 0.5) is 13.2 Å². The van der Waals surface area contributed by atoms with Crippen LogP contribution in [0.25, 0.3) is 5.69 Å². The minimum absolute atomic E-state index is 0.188. The Hall–Kier alpha value is -1.82. The average molecular weight is 283 g/mol. The van der Waals surface area contributed by atoms with Crippen molar-refractivity contribution in [3.05, 3.63) is 47.3 Å². The highest BCUT2D eigenvalue weighted by Crippen LogP contribution is 2.33. The Bertz CT molecular complexity index is 600. The summed E-state index contributed by atoms with van der Waals surface area (Å²) in [7, 11) is 0. The van der Waals surface area contributed by atoms with E-state index in [9.17, 15) is 13.2 Å². The van der Waals surface area contributed by atoms with Crippen molar-refractivity contribution in [2.75, 3.05) is 0 Å². The van der Waals surface area contributed by atoms with Gasteiger partial charge in [-0.2, -0.15) is 18.3 Å². The molecule has 0 radical (unpaired) electrons. The molecule has 0 aliphatic rings. The van der Waals surface area contributed by atoms with Gasteiger partial charge in [0.25, 0.3) is 0 Å². The van der Waals surface area contributed by atoms with Crippen molar-refractivity contribution in [2.24, 2.45) is 5.73 Å². The van der Waals surface area contributed by atoms with Crippen molar-refractivity contribution in [3.8, 4) is 5.69 Å². The van der Waals surface area contributed by atoms with Crippen molar-refractivity contribution in [1.29, 1.82) is 0 Å². The second-order valence-electron chi connectivity index (χ2n) is 4.98. The molecule has 1 heterocycles. The molecule has 1 unspecified atom stereocenters. The van der Waals surface area contributed by atoms with E-state index in [0.29, 0.717) is 5.69 Å². The second-order valence-corrected chi connectivity index (χ2v) is 4.98. The summed E-state index contributed by atoms with van der Waals surface area (Å²) in [6.45, 7) is 3.52. The van der Waals surface area contributed by atoms with Crippen LogP contribution in [0.15, 0.2) is 30.6 Å². The summed E-state index contributed by atoms with van der Waals surface area (Å²) in [5.41, 5.74) is 6.44. The number of aryl methyl sites for hydroxylation is 1. The zero-order valence-corrected chi connectivity index (χ0v) is 11.3. The Kier molecular flexibility index (Phi) is 3.85. The van der Waals surface area contributed by atoms with E-state index in [1.165, 1.54) is 10.7 Å². The summed E-state index contributed by atoms with van der Waals surface area (Å²) in [6.07, 6.45) is -0.931. The van der Waals surface area contributed by atoms with Gasteiger partial charge in [-0.1, -0.05) is 6.07 Å². The predicted octanol–water partition coefficient (Wildman–Crippen LogP) is 3.09. The van der Waals surface area contributed by atoms with Crippen LogP contribution in [0.3, 0.4) is 0 Å². The zero-order chi connectivity index (χ0) is 14.9. The van der Waals surface area contributed by atoms with Gasteiger partial charge in [0.05, 0.1) is 17.4 Å². The van der Waals surface area contributed by atoms with Gasteiger partial charge in [-0.15, -0.1) is 0 Å². The Labute approximate surface area is 115 Å². The van der Waals surface area contributed by atoms with Gasteiger partial charge in [0, 0.05) is 12.2 Å². The Balaban J connectivity index is 2.48. The lowest BCUT2D eigenvalue weighted by atomic mass is 10.00. The van der Waals surface area contributed by atoms with Gasteiger partial charge in [0.1, 0.15) is 0 Å². The van der Waals surface area contributed by atoms with Gasteiger partial charge >= 0.3 is 6.18 Å². The maximum Gasteiger partial charge on any atom is 0.416 e. The lowest BCUT2D eigenvalue weighted by Crippen LogP contribution is -2.21. The lowest BCUT2D eigenvalue weighted by molar-refractivity contribution is -0.138. The standard InChI is InChI=1S/C14H16F3N3/c1-9-7-19-20(8-9)12-4-3-11(5-10(2)18)13(6-12)14(15,16)17/h3-4,6-8,10H,5,18H2,1-2H3. The SMILES string of the molecule is Cc1cnn(-c2ccc(CC(C)N)c(C(F)(F)F)c2)c1. The van der Waals surface area contributed by atoms with Crippen LogP contribution in [0.5, 0.6) is 0 Å². The Morgan fingerprint density at radius 2 is 2.05 bits per heavy atom. The van der Waals surface area contributed by atoms with Crippen LogP contribution in [-0.2, 0) is 12.6 Å². The maximum absolute atomic E-state index is 13.1. The molecule has 0 saturated carbocycles. The fourth-order valence-corrected chi connectivity index (χ4v) is 2.05. The summed E-state index contributed by atoms with van der Waals surface area (Å²) in [5, 5.41) is 4.02. The molecular weight excluding hydrogens is 267 g/mol. The molecule has 20 heavy (non-hydrogen) atoms. The molecule has 2 aromatic rings. The van der Waals surface area contributed by atoms with Crippen LogP contribution in [0.1, 0.15) is 23.6 Å². The summed E-state index contributed by atoms with van der Waals surface area (Å²) >= 11 is 0. The second kappa shape index (κ2) is 5.28. The molecule has 6 heteroatoms. The molecule has 2 rings (SSSR count). The summed E-state index contributed by atoms with van der Waals surface area (Å²) in [4.78, 5) is 0. The van der Waals surface area contributed by atoms with Crippen molar-refractivity contribution >= 4 is 0 Å². The van der Waals surface area contributed by atoms with Crippen molar-refractivity contribution in [1.82, 2.24) is 9.78 Å². The van der Waals surface area contributed by atoms with Crippen LogP contribution < -0.4 is 5.73 Å². The monoisotopic (exact) mass is 283 g/mol. The van der Waals surface area contributed by atoms with Crippen LogP contribution in [0, 0.1) is 6.92 Å². The van der Waals surface area contributed by atoms with Crippen LogP contribution >= 0.6 is 0 Å².